The summed E-state index contributed by atoms with van der Waals surface area (Å²) in [6, 6.07) is 7.90. The van der Waals surface area contributed by atoms with E-state index >= 15 is 0 Å². The molecule has 2 N–H and O–H groups in total. The van der Waals surface area contributed by atoms with Crippen molar-refractivity contribution in [2.75, 3.05) is 18.9 Å². The number of hydrogen-bond acceptors (Lipinski definition) is 3. The van der Waals surface area contributed by atoms with Gasteiger partial charge >= 0.3 is 0 Å². The van der Waals surface area contributed by atoms with Crippen LogP contribution in [0.2, 0.25) is 5.02 Å². The molecule has 0 heterocycles. The van der Waals surface area contributed by atoms with Crippen LogP contribution in [0, 0.1) is 0 Å². The molecule has 0 spiro atoms. The topological polar surface area (TPSA) is 32.3 Å². The number of halogens is 1. The zero-order chi connectivity index (χ0) is 12.7. The Morgan fingerprint density at radius 1 is 1.35 bits per heavy atom. The molecule has 2 nitrogen and oxygen atoms in total. The van der Waals surface area contributed by atoms with Crippen molar-refractivity contribution in [3.8, 4) is 0 Å². The molecule has 0 amide bonds. The highest BCUT2D eigenvalue weighted by Crippen LogP contribution is 2.19. The highest BCUT2D eigenvalue weighted by Gasteiger charge is 2.21. The van der Waals surface area contributed by atoms with Gasteiger partial charge in [-0.2, -0.15) is 11.8 Å². The second kappa shape index (κ2) is 7.27. The molecule has 0 fully saturated rings. The van der Waals surface area contributed by atoms with Crippen LogP contribution < -0.4 is 5.32 Å². The minimum atomic E-state index is -0.189. The summed E-state index contributed by atoms with van der Waals surface area (Å²) in [7, 11) is 0. The van der Waals surface area contributed by atoms with E-state index in [2.05, 4.69) is 12.2 Å². The summed E-state index contributed by atoms with van der Waals surface area (Å²) >= 11 is 7.65. The normalized spacial score (nSPS) is 14.6. The minimum absolute atomic E-state index is 0.161. The van der Waals surface area contributed by atoms with E-state index in [1.54, 1.807) is 0 Å². The molecular formula is C13H20ClNOS. The lowest BCUT2D eigenvalue weighted by Crippen LogP contribution is -2.47. The van der Waals surface area contributed by atoms with Gasteiger partial charge in [-0.3, -0.25) is 0 Å². The number of nitrogens with one attached hydrogen (secondary N) is 1. The summed E-state index contributed by atoms with van der Waals surface area (Å²) in [6.07, 6.45) is 0. The lowest BCUT2D eigenvalue weighted by molar-refractivity contribution is 0.194. The molecule has 0 bridgehead atoms. The maximum absolute atomic E-state index is 9.36. The van der Waals surface area contributed by atoms with E-state index in [1.807, 2.05) is 43.0 Å². The number of hydrogen-bond donors (Lipinski definition) is 2. The van der Waals surface area contributed by atoms with Crippen LogP contribution in [0.1, 0.15) is 19.4 Å². The van der Waals surface area contributed by atoms with Gasteiger partial charge in [-0.15, -0.1) is 0 Å². The van der Waals surface area contributed by atoms with Crippen LogP contribution in [0.5, 0.6) is 0 Å². The van der Waals surface area contributed by atoms with Crippen LogP contribution >= 0.6 is 23.4 Å². The monoisotopic (exact) mass is 273 g/mol. The second-order valence-electron chi connectivity index (χ2n) is 4.37. The van der Waals surface area contributed by atoms with Crippen molar-refractivity contribution in [1.29, 1.82) is 0 Å². The Labute approximate surface area is 113 Å². The van der Waals surface area contributed by atoms with E-state index in [-0.39, 0.29) is 12.1 Å². The van der Waals surface area contributed by atoms with E-state index in [4.69, 9.17) is 11.6 Å². The van der Waals surface area contributed by atoms with Gasteiger partial charge in [0, 0.05) is 22.1 Å². The maximum atomic E-state index is 9.36. The Hall–Kier alpha value is -0.220. The number of aliphatic hydroxyl groups is 1. The third-order valence-electron chi connectivity index (χ3n) is 2.56. The van der Waals surface area contributed by atoms with Crippen molar-refractivity contribution in [2.24, 2.45) is 0 Å². The third kappa shape index (κ3) is 5.30. The van der Waals surface area contributed by atoms with E-state index in [0.717, 1.165) is 23.1 Å². The first kappa shape index (κ1) is 14.8. The van der Waals surface area contributed by atoms with Crippen molar-refractivity contribution >= 4 is 23.4 Å². The van der Waals surface area contributed by atoms with Crippen molar-refractivity contribution < 1.29 is 5.11 Å². The fraction of sp³-hybridized carbons (Fsp3) is 0.538. The van der Waals surface area contributed by atoms with Crippen LogP contribution in [-0.4, -0.2) is 29.5 Å². The minimum Gasteiger partial charge on any atom is -0.394 e. The highest BCUT2D eigenvalue weighted by molar-refractivity contribution is 7.98. The van der Waals surface area contributed by atoms with Crippen LogP contribution in [0.4, 0.5) is 0 Å². The summed E-state index contributed by atoms with van der Waals surface area (Å²) in [6.45, 7) is 5.14. The fourth-order valence-corrected chi connectivity index (χ4v) is 2.85. The molecule has 1 rings (SSSR count). The van der Waals surface area contributed by atoms with Gasteiger partial charge < -0.3 is 10.4 Å². The molecule has 0 aromatic heterocycles. The number of thioether (sulfide) groups is 1. The lowest BCUT2D eigenvalue weighted by atomic mass is 10.1. The summed E-state index contributed by atoms with van der Waals surface area (Å²) in [5.41, 5.74) is 1.07. The smallest absolute Gasteiger partial charge is 0.0618 e. The molecule has 0 saturated heterocycles. The van der Waals surface area contributed by atoms with E-state index < -0.39 is 0 Å². The Morgan fingerprint density at radius 2 is 2.00 bits per heavy atom. The van der Waals surface area contributed by atoms with Gasteiger partial charge in [-0.25, -0.2) is 0 Å². The molecule has 1 atom stereocenters. The average molecular weight is 274 g/mol. The van der Waals surface area contributed by atoms with Gasteiger partial charge in [-0.1, -0.05) is 30.7 Å². The first-order valence-corrected chi connectivity index (χ1v) is 7.31. The van der Waals surface area contributed by atoms with Gasteiger partial charge in [0.1, 0.15) is 0 Å². The molecule has 0 radical (unpaired) electrons. The summed E-state index contributed by atoms with van der Waals surface area (Å²) in [5, 5.41) is 13.4. The van der Waals surface area contributed by atoms with E-state index in [1.165, 1.54) is 5.56 Å². The second-order valence-corrected chi connectivity index (χ2v) is 5.79. The number of aliphatic hydroxyl groups excluding tert-OH is 1. The largest absolute Gasteiger partial charge is 0.394 e. The third-order valence-corrected chi connectivity index (χ3v) is 4.19. The van der Waals surface area contributed by atoms with Crippen molar-refractivity contribution in [3.05, 3.63) is 34.9 Å². The van der Waals surface area contributed by atoms with Gasteiger partial charge in [0.25, 0.3) is 0 Å². The summed E-state index contributed by atoms with van der Waals surface area (Å²) < 4.78 is 0. The molecule has 4 heteroatoms. The Bertz CT molecular complexity index is 331. The highest BCUT2D eigenvalue weighted by atomic mass is 35.5. The molecule has 1 unspecified atom stereocenters. The number of rotatable bonds is 7. The molecule has 96 valence electrons. The zero-order valence-electron chi connectivity index (χ0n) is 10.4. The van der Waals surface area contributed by atoms with Crippen LogP contribution in [0.25, 0.3) is 0 Å². The van der Waals surface area contributed by atoms with Crippen LogP contribution in [0.3, 0.4) is 0 Å². The zero-order valence-corrected chi connectivity index (χ0v) is 11.9. The standard InChI is InChI=1S/C13H20ClNOS/c1-3-15-13(2,9-16)10-17-8-11-4-6-12(14)7-5-11/h4-7,15-16H,3,8-10H2,1-2H3. The van der Waals surface area contributed by atoms with E-state index in [0.29, 0.717) is 0 Å². The lowest BCUT2D eigenvalue weighted by Gasteiger charge is -2.27. The summed E-state index contributed by atoms with van der Waals surface area (Å²) in [5.74, 6) is 1.83. The molecule has 17 heavy (non-hydrogen) atoms. The van der Waals surface area contributed by atoms with Gasteiger partial charge in [-0.05, 0) is 31.2 Å². The van der Waals surface area contributed by atoms with Gasteiger partial charge in [0.2, 0.25) is 0 Å². The predicted molar refractivity (Wildman–Crippen MR) is 76.8 cm³/mol. The molecule has 0 aliphatic rings. The fourth-order valence-electron chi connectivity index (χ4n) is 1.55. The van der Waals surface area contributed by atoms with Crippen LogP contribution in [-0.2, 0) is 5.75 Å². The maximum Gasteiger partial charge on any atom is 0.0618 e. The van der Waals surface area contributed by atoms with Crippen molar-refractivity contribution in [1.82, 2.24) is 5.32 Å². The van der Waals surface area contributed by atoms with Crippen LogP contribution in [0.15, 0.2) is 24.3 Å². The quantitative estimate of drug-likeness (QED) is 0.801. The average Bonchev–Trinajstić information content (AvgIpc) is 2.32. The van der Waals surface area contributed by atoms with Crippen molar-refractivity contribution in [2.45, 2.75) is 25.1 Å². The van der Waals surface area contributed by atoms with E-state index in [9.17, 15) is 5.11 Å². The molecule has 0 aliphatic carbocycles. The number of likely N-dealkylation sites (N-methyl/N-ethyl adjacent to an activating group) is 1. The molecular weight excluding hydrogens is 254 g/mol. The van der Waals surface area contributed by atoms with Gasteiger partial charge in [0.05, 0.1) is 6.61 Å². The summed E-state index contributed by atoms with van der Waals surface area (Å²) in [4.78, 5) is 0. The van der Waals surface area contributed by atoms with Crippen molar-refractivity contribution in [3.63, 3.8) is 0 Å². The molecule has 1 aromatic carbocycles. The molecule has 1 aromatic rings. The SMILES string of the molecule is CCNC(C)(CO)CSCc1ccc(Cl)cc1. The number of benzene rings is 1. The first-order chi connectivity index (χ1) is 8.09. The Morgan fingerprint density at radius 3 is 2.53 bits per heavy atom. The molecule has 0 saturated carbocycles. The Kier molecular flexibility index (Phi) is 6.34. The first-order valence-electron chi connectivity index (χ1n) is 5.78. The predicted octanol–water partition coefficient (Wildman–Crippen LogP) is 2.93. The Balaban J connectivity index is 2.38. The molecule has 0 aliphatic heterocycles. The van der Waals surface area contributed by atoms with Gasteiger partial charge in [0.15, 0.2) is 0 Å².